The third kappa shape index (κ3) is 4.78. The Hall–Kier alpha value is -4.60. The molecule has 1 fully saturated rings. The summed E-state index contributed by atoms with van der Waals surface area (Å²) in [5, 5.41) is 8.93. The quantitative estimate of drug-likeness (QED) is 0.333. The highest BCUT2D eigenvalue weighted by Crippen LogP contribution is 2.47. The molecule has 0 radical (unpaired) electrons. The van der Waals surface area contributed by atoms with Crippen LogP contribution in [0.5, 0.6) is 11.5 Å². The van der Waals surface area contributed by atoms with Crippen molar-refractivity contribution in [2.75, 3.05) is 10.6 Å². The maximum Gasteiger partial charge on any atom is 0.240 e. The van der Waals surface area contributed by atoms with Gasteiger partial charge in [0.15, 0.2) is 5.76 Å². The molecule has 10 heteroatoms. The van der Waals surface area contributed by atoms with Gasteiger partial charge in [0, 0.05) is 30.1 Å². The van der Waals surface area contributed by atoms with Crippen molar-refractivity contribution in [3.8, 4) is 23.0 Å². The van der Waals surface area contributed by atoms with E-state index in [2.05, 4.69) is 20.8 Å². The number of aromatic nitrogens is 2. The fourth-order valence-corrected chi connectivity index (χ4v) is 3.60. The van der Waals surface area contributed by atoms with Crippen molar-refractivity contribution in [2.24, 2.45) is 5.41 Å². The van der Waals surface area contributed by atoms with Crippen LogP contribution in [-0.2, 0) is 9.59 Å². The van der Waals surface area contributed by atoms with Crippen molar-refractivity contribution in [3.63, 3.8) is 0 Å². The number of hydrogen-bond acceptors (Lipinski definition) is 6. The molecule has 1 saturated carbocycles. The third-order valence-electron chi connectivity index (χ3n) is 5.76. The molecule has 36 heavy (non-hydrogen) atoms. The summed E-state index contributed by atoms with van der Waals surface area (Å²) in [5.74, 6) is -1.23. The molecule has 0 atom stereocenters. The molecule has 0 bridgehead atoms. The van der Waals surface area contributed by atoms with E-state index in [-0.39, 0.29) is 11.4 Å². The monoisotopic (exact) mass is 490 g/mol. The molecule has 182 valence electrons. The van der Waals surface area contributed by atoms with Crippen molar-refractivity contribution >= 4 is 23.2 Å². The molecular formula is C26H20F2N4O4. The summed E-state index contributed by atoms with van der Waals surface area (Å²) < 4.78 is 38.8. The van der Waals surface area contributed by atoms with E-state index >= 15 is 0 Å². The summed E-state index contributed by atoms with van der Waals surface area (Å²) >= 11 is 0. The normalized spacial score (nSPS) is 13.6. The van der Waals surface area contributed by atoms with Crippen LogP contribution in [0.3, 0.4) is 0 Å². The molecular weight excluding hydrogens is 470 g/mol. The van der Waals surface area contributed by atoms with Crippen LogP contribution < -0.4 is 15.4 Å². The fraction of sp³-hybridized carbons (Fsp3) is 0.154. The Morgan fingerprint density at radius 3 is 2.33 bits per heavy atom. The van der Waals surface area contributed by atoms with Crippen LogP contribution in [0.1, 0.15) is 18.5 Å². The minimum Gasteiger partial charge on any atom is -0.457 e. The summed E-state index contributed by atoms with van der Waals surface area (Å²) in [6.45, 7) is 1.79. The number of anilines is 2. The van der Waals surface area contributed by atoms with Crippen molar-refractivity contribution in [3.05, 3.63) is 84.2 Å². The van der Waals surface area contributed by atoms with E-state index in [9.17, 15) is 18.4 Å². The number of nitrogens with one attached hydrogen (secondary N) is 2. The van der Waals surface area contributed by atoms with Crippen LogP contribution in [0, 0.1) is 24.0 Å². The van der Waals surface area contributed by atoms with Gasteiger partial charge in [-0.15, -0.1) is 0 Å². The van der Waals surface area contributed by atoms with E-state index in [1.807, 2.05) is 0 Å². The highest BCUT2D eigenvalue weighted by atomic mass is 19.1. The minimum absolute atomic E-state index is 0.0826. The topological polar surface area (TPSA) is 106 Å². The number of halogens is 2. The van der Waals surface area contributed by atoms with E-state index in [1.54, 1.807) is 25.1 Å². The summed E-state index contributed by atoms with van der Waals surface area (Å²) in [7, 11) is 0. The first-order valence-electron chi connectivity index (χ1n) is 11.1. The van der Waals surface area contributed by atoms with Crippen molar-refractivity contribution in [1.82, 2.24) is 10.1 Å². The summed E-state index contributed by atoms with van der Waals surface area (Å²) in [5.41, 5.74) is 0.194. The van der Waals surface area contributed by atoms with Crippen LogP contribution >= 0.6 is 0 Å². The first kappa shape index (κ1) is 23.2. The molecule has 0 spiro atoms. The van der Waals surface area contributed by atoms with Gasteiger partial charge in [0.25, 0.3) is 0 Å². The lowest BCUT2D eigenvalue weighted by molar-refractivity contribution is -0.131. The minimum atomic E-state index is -1.30. The largest absolute Gasteiger partial charge is 0.457 e. The second kappa shape index (κ2) is 9.21. The fourth-order valence-electron chi connectivity index (χ4n) is 3.60. The van der Waals surface area contributed by atoms with Crippen LogP contribution in [-0.4, -0.2) is 22.0 Å². The average molecular weight is 490 g/mol. The second-order valence-corrected chi connectivity index (χ2v) is 8.45. The molecule has 1 aliphatic rings. The lowest BCUT2D eigenvalue weighted by Gasteiger charge is -2.16. The number of benzene rings is 2. The maximum absolute atomic E-state index is 14.8. The zero-order valence-corrected chi connectivity index (χ0v) is 19.0. The van der Waals surface area contributed by atoms with Gasteiger partial charge in [0.2, 0.25) is 11.8 Å². The highest BCUT2D eigenvalue weighted by Gasteiger charge is 2.56. The van der Waals surface area contributed by atoms with E-state index in [0.29, 0.717) is 41.4 Å². The molecule has 5 rings (SSSR count). The van der Waals surface area contributed by atoms with Gasteiger partial charge in [-0.1, -0.05) is 5.16 Å². The molecule has 4 aromatic rings. The number of pyridine rings is 1. The number of nitrogens with zero attached hydrogens (tertiary/aromatic N) is 2. The van der Waals surface area contributed by atoms with Gasteiger partial charge in [-0.2, -0.15) is 0 Å². The van der Waals surface area contributed by atoms with Crippen LogP contribution in [0.2, 0.25) is 0 Å². The van der Waals surface area contributed by atoms with Crippen molar-refractivity contribution in [2.45, 2.75) is 19.8 Å². The van der Waals surface area contributed by atoms with Gasteiger partial charge in [-0.05, 0) is 62.2 Å². The number of hydrogen-bond donors (Lipinski definition) is 2. The number of carbonyl (C=O) groups excluding carboxylic acids is 2. The Bertz CT molecular complexity index is 1450. The van der Waals surface area contributed by atoms with Gasteiger partial charge < -0.3 is 19.9 Å². The standard InChI is InChI=1S/C26H20F2N4O4/c1-15-12-23(36-32-15)22-14-19(8-11-29-22)35-18-6-7-21(20(28)13-18)31-25(34)26(9-10-26)24(33)30-17-4-2-16(27)3-5-17/h2-8,11-14H,9-10H2,1H3,(H,30,33)(H,31,34). The maximum atomic E-state index is 14.8. The number of ether oxygens (including phenoxy) is 1. The number of amides is 2. The smallest absolute Gasteiger partial charge is 0.240 e. The highest BCUT2D eigenvalue weighted by molar-refractivity contribution is 6.16. The molecule has 0 unspecified atom stereocenters. The molecule has 1 aliphatic carbocycles. The summed E-state index contributed by atoms with van der Waals surface area (Å²) in [4.78, 5) is 29.7. The Kier molecular flexibility index (Phi) is 5.93. The summed E-state index contributed by atoms with van der Waals surface area (Å²) in [6.07, 6.45) is 2.17. The first-order valence-corrected chi connectivity index (χ1v) is 11.1. The van der Waals surface area contributed by atoms with Gasteiger partial charge >= 0.3 is 0 Å². The van der Waals surface area contributed by atoms with Gasteiger partial charge in [0.05, 0.1) is 11.4 Å². The lowest BCUT2D eigenvalue weighted by Crippen LogP contribution is -2.35. The SMILES string of the molecule is Cc1cc(-c2cc(Oc3ccc(NC(=O)C4(C(=O)Nc5ccc(F)cc5)CC4)c(F)c3)ccn2)on1. The molecule has 8 nitrogen and oxygen atoms in total. The van der Waals surface area contributed by atoms with Crippen molar-refractivity contribution in [1.29, 1.82) is 0 Å². The average Bonchev–Trinajstić information content (AvgIpc) is 3.57. The molecule has 2 amide bonds. The van der Waals surface area contributed by atoms with E-state index in [1.165, 1.54) is 42.6 Å². The Morgan fingerprint density at radius 2 is 1.67 bits per heavy atom. The molecule has 2 aromatic heterocycles. The second-order valence-electron chi connectivity index (χ2n) is 8.45. The van der Waals surface area contributed by atoms with Gasteiger partial charge in [0.1, 0.15) is 34.2 Å². The third-order valence-corrected chi connectivity index (χ3v) is 5.76. The van der Waals surface area contributed by atoms with E-state index in [4.69, 9.17) is 9.26 Å². The lowest BCUT2D eigenvalue weighted by atomic mass is 10.0. The zero-order valence-electron chi connectivity index (χ0n) is 19.0. The molecule has 2 N–H and O–H groups in total. The molecule has 2 aromatic carbocycles. The van der Waals surface area contributed by atoms with Gasteiger partial charge in [-0.3, -0.25) is 14.6 Å². The van der Waals surface area contributed by atoms with Crippen molar-refractivity contribution < 1.29 is 27.6 Å². The van der Waals surface area contributed by atoms with Crippen LogP contribution in [0.15, 0.2) is 71.4 Å². The first-order chi connectivity index (χ1) is 17.3. The predicted octanol–water partition coefficient (Wildman–Crippen LogP) is 5.47. The predicted molar refractivity (Wildman–Crippen MR) is 126 cm³/mol. The van der Waals surface area contributed by atoms with Crippen LogP contribution in [0.25, 0.3) is 11.5 Å². The van der Waals surface area contributed by atoms with E-state index < -0.39 is 28.9 Å². The Morgan fingerprint density at radius 1 is 0.944 bits per heavy atom. The Labute approximate surface area is 204 Å². The molecule has 0 aliphatic heterocycles. The van der Waals surface area contributed by atoms with E-state index in [0.717, 1.165) is 6.07 Å². The number of aryl methyl sites for hydroxylation is 1. The summed E-state index contributed by atoms with van der Waals surface area (Å²) in [6, 6.07) is 14.2. The van der Waals surface area contributed by atoms with Gasteiger partial charge in [-0.25, -0.2) is 8.78 Å². The Balaban J connectivity index is 1.25. The molecule has 2 heterocycles. The van der Waals surface area contributed by atoms with Crippen LogP contribution in [0.4, 0.5) is 20.2 Å². The number of rotatable bonds is 7. The number of carbonyl (C=O) groups is 2. The molecule has 0 saturated heterocycles. The zero-order chi connectivity index (χ0) is 25.3.